The van der Waals surface area contributed by atoms with Gasteiger partial charge in [-0.15, -0.1) is 0 Å². The lowest BCUT2D eigenvalue weighted by Gasteiger charge is -2.43. The van der Waals surface area contributed by atoms with Crippen molar-refractivity contribution in [2.45, 2.75) is 32.4 Å². The first kappa shape index (κ1) is 16.4. The summed E-state index contributed by atoms with van der Waals surface area (Å²) < 4.78 is 0. The smallest absolute Gasteiger partial charge is 0.320 e. The molecule has 7 heteroatoms. The molecule has 2 heterocycles. The Kier molecular flexibility index (Phi) is 5.75. The minimum absolute atomic E-state index is 0.0177. The highest BCUT2D eigenvalue weighted by Gasteiger charge is 2.34. The van der Waals surface area contributed by atoms with Crippen molar-refractivity contribution in [2.24, 2.45) is 0 Å². The van der Waals surface area contributed by atoms with Crippen LogP contribution in [0.3, 0.4) is 0 Å². The summed E-state index contributed by atoms with van der Waals surface area (Å²) in [5.41, 5.74) is 0. The van der Waals surface area contributed by atoms with Crippen LogP contribution in [0.25, 0.3) is 0 Å². The molecule has 120 valence electrons. The number of carbonyl (C=O) groups excluding carboxylic acids is 1. The third kappa shape index (κ3) is 4.03. The zero-order valence-electron chi connectivity index (χ0n) is 12.8. The largest absolute Gasteiger partial charge is 0.481 e. The van der Waals surface area contributed by atoms with E-state index in [-0.39, 0.29) is 18.5 Å². The molecule has 0 radical (unpaired) electrons. The number of nitrogens with zero attached hydrogens (tertiary/aromatic N) is 3. The number of carbonyl (C=O) groups is 2. The number of piperazine rings is 1. The summed E-state index contributed by atoms with van der Waals surface area (Å²) in [4.78, 5) is 29.7. The van der Waals surface area contributed by atoms with E-state index >= 15 is 0 Å². The number of likely N-dealkylation sites (N-methyl/N-ethyl adjacent to an activating group) is 1. The second kappa shape index (κ2) is 7.35. The van der Waals surface area contributed by atoms with Crippen LogP contribution in [0, 0.1) is 0 Å². The van der Waals surface area contributed by atoms with E-state index in [1.807, 2.05) is 4.90 Å². The lowest BCUT2D eigenvalue weighted by molar-refractivity contribution is -0.138. The Balaban J connectivity index is 1.98. The lowest BCUT2D eigenvalue weighted by Crippen LogP contribution is -2.59. The van der Waals surface area contributed by atoms with Crippen LogP contribution in [-0.4, -0.2) is 88.1 Å². The first-order valence-corrected chi connectivity index (χ1v) is 8.77. The van der Waals surface area contributed by atoms with Crippen LogP contribution < -0.4 is 0 Å². The Bertz CT molecular complexity index is 394. The molecule has 0 aromatic heterocycles. The first-order chi connectivity index (χ1) is 10.0. The Morgan fingerprint density at radius 3 is 2.67 bits per heavy atom. The SMILES string of the molecule is CCN1CCN(C(=O)N2CCSCC2CC(=O)O)CC1C. The highest BCUT2D eigenvalue weighted by molar-refractivity contribution is 7.99. The van der Waals surface area contributed by atoms with E-state index in [1.165, 1.54) is 0 Å². The van der Waals surface area contributed by atoms with Crippen LogP contribution in [0.1, 0.15) is 20.3 Å². The van der Waals surface area contributed by atoms with Gasteiger partial charge in [-0.25, -0.2) is 4.79 Å². The van der Waals surface area contributed by atoms with E-state index in [0.29, 0.717) is 12.6 Å². The van der Waals surface area contributed by atoms with E-state index in [2.05, 4.69) is 18.7 Å². The summed E-state index contributed by atoms with van der Waals surface area (Å²) in [5.74, 6) is 0.791. The molecule has 0 aromatic rings. The number of hydrogen-bond acceptors (Lipinski definition) is 4. The van der Waals surface area contributed by atoms with Gasteiger partial charge in [0, 0.05) is 43.7 Å². The molecule has 21 heavy (non-hydrogen) atoms. The number of aliphatic carboxylic acids is 1. The van der Waals surface area contributed by atoms with Crippen LogP contribution in [0.2, 0.25) is 0 Å². The molecular weight excluding hydrogens is 290 g/mol. The van der Waals surface area contributed by atoms with Gasteiger partial charge in [0.2, 0.25) is 0 Å². The van der Waals surface area contributed by atoms with Crippen molar-refractivity contribution in [3.63, 3.8) is 0 Å². The van der Waals surface area contributed by atoms with Crippen molar-refractivity contribution in [2.75, 3.05) is 44.2 Å². The molecule has 1 N–H and O–H groups in total. The maximum Gasteiger partial charge on any atom is 0.320 e. The zero-order valence-corrected chi connectivity index (χ0v) is 13.6. The molecule has 2 unspecified atom stereocenters. The maximum absolute atomic E-state index is 12.7. The van der Waals surface area contributed by atoms with Crippen LogP contribution in [0.5, 0.6) is 0 Å². The van der Waals surface area contributed by atoms with Crippen molar-refractivity contribution in [3.8, 4) is 0 Å². The molecule has 2 rings (SSSR count). The molecule has 2 aliphatic heterocycles. The fourth-order valence-corrected chi connectivity index (χ4v) is 4.16. The number of amides is 2. The molecule has 2 fully saturated rings. The minimum atomic E-state index is -0.829. The zero-order chi connectivity index (χ0) is 15.4. The first-order valence-electron chi connectivity index (χ1n) is 7.62. The van der Waals surface area contributed by atoms with E-state index < -0.39 is 5.97 Å². The van der Waals surface area contributed by atoms with Crippen molar-refractivity contribution in [1.29, 1.82) is 0 Å². The highest BCUT2D eigenvalue weighted by atomic mass is 32.2. The standard InChI is InChI=1S/C14H25N3O3S/c1-3-15-4-5-16(9-11(15)2)14(20)17-6-7-21-10-12(17)8-13(18)19/h11-12H,3-10H2,1-2H3,(H,18,19). The number of urea groups is 1. The van der Waals surface area contributed by atoms with Crippen LogP contribution >= 0.6 is 11.8 Å². The average Bonchev–Trinajstić information content (AvgIpc) is 2.46. The number of carboxylic acids is 1. The fourth-order valence-electron chi connectivity index (χ4n) is 3.10. The summed E-state index contributed by atoms with van der Waals surface area (Å²) >= 11 is 1.73. The summed E-state index contributed by atoms with van der Waals surface area (Å²) in [5, 5.41) is 9.02. The van der Waals surface area contributed by atoms with Gasteiger partial charge in [0.1, 0.15) is 0 Å². The van der Waals surface area contributed by atoms with Crippen molar-refractivity contribution < 1.29 is 14.7 Å². The van der Waals surface area contributed by atoms with Crippen molar-refractivity contribution in [3.05, 3.63) is 0 Å². The normalized spacial score (nSPS) is 27.7. The monoisotopic (exact) mass is 315 g/mol. The van der Waals surface area contributed by atoms with E-state index in [0.717, 1.165) is 37.7 Å². The van der Waals surface area contributed by atoms with E-state index in [9.17, 15) is 9.59 Å². The molecule has 0 bridgehead atoms. The predicted molar refractivity (Wildman–Crippen MR) is 83.7 cm³/mol. The molecular formula is C14H25N3O3S. The highest BCUT2D eigenvalue weighted by Crippen LogP contribution is 2.21. The Morgan fingerprint density at radius 1 is 1.29 bits per heavy atom. The summed E-state index contributed by atoms with van der Waals surface area (Å²) in [7, 11) is 0. The quantitative estimate of drug-likeness (QED) is 0.842. The second-order valence-electron chi connectivity index (χ2n) is 5.73. The molecule has 0 spiro atoms. The number of thioether (sulfide) groups is 1. The number of hydrogen-bond donors (Lipinski definition) is 1. The molecule has 2 atom stereocenters. The summed E-state index contributed by atoms with van der Waals surface area (Å²) in [6.45, 7) is 8.31. The average molecular weight is 315 g/mol. The predicted octanol–water partition coefficient (Wildman–Crippen LogP) is 1.02. The van der Waals surface area contributed by atoms with Gasteiger partial charge in [-0.3, -0.25) is 9.69 Å². The van der Waals surface area contributed by atoms with E-state index in [1.54, 1.807) is 16.7 Å². The number of carboxylic acid groups (broad SMARTS) is 1. The van der Waals surface area contributed by atoms with Gasteiger partial charge >= 0.3 is 12.0 Å². The second-order valence-corrected chi connectivity index (χ2v) is 6.88. The topological polar surface area (TPSA) is 64.1 Å². The van der Waals surface area contributed by atoms with Crippen LogP contribution in [-0.2, 0) is 4.79 Å². The third-order valence-electron chi connectivity index (χ3n) is 4.33. The molecule has 2 saturated heterocycles. The fraction of sp³-hybridized carbons (Fsp3) is 0.857. The molecule has 6 nitrogen and oxygen atoms in total. The van der Waals surface area contributed by atoms with Gasteiger partial charge < -0.3 is 14.9 Å². The van der Waals surface area contributed by atoms with E-state index in [4.69, 9.17) is 5.11 Å². The third-order valence-corrected chi connectivity index (χ3v) is 5.42. The number of rotatable bonds is 3. The van der Waals surface area contributed by atoms with Crippen molar-refractivity contribution >= 4 is 23.8 Å². The Hall–Kier alpha value is -0.950. The molecule has 0 aromatic carbocycles. The molecule has 0 saturated carbocycles. The van der Waals surface area contributed by atoms with Gasteiger partial charge in [-0.05, 0) is 13.5 Å². The Morgan fingerprint density at radius 2 is 2.05 bits per heavy atom. The lowest BCUT2D eigenvalue weighted by atomic mass is 10.1. The minimum Gasteiger partial charge on any atom is -0.481 e. The molecule has 2 aliphatic rings. The van der Waals surface area contributed by atoms with Crippen molar-refractivity contribution in [1.82, 2.24) is 14.7 Å². The molecule has 2 amide bonds. The van der Waals surface area contributed by atoms with Gasteiger partial charge in [-0.1, -0.05) is 6.92 Å². The van der Waals surface area contributed by atoms with Gasteiger partial charge in [0.05, 0.1) is 12.5 Å². The van der Waals surface area contributed by atoms with Gasteiger partial charge in [0.25, 0.3) is 0 Å². The molecule has 0 aliphatic carbocycles. The summed E-state index contributed by atoms with van der Waals surface area (Å²) in [6.07, 6.45) is 0.0449. The van der Waals surface area contributed by atoms with Gasteiger partial charge in [0.15, 0.2) is 0 Å². The Labute approximate surface area is 130 Å². The summed E-state index contributed by atoms with van der Waals surface area (Å²) in [6, 6.07) is 0.210. The van der Waals surface area contributed by atoms with Crippen LogP contribution in [0.15, 0.2) is 0 Å². The van der Waals surface area contributed by atoms with Crippen LogP contribution in [0.4, 0.5) is 4.79 Å². The van der Waals surface area contributed by atoms with Gasteiger partial charge in [-0.2, -0.15) is 11.8 Å². The maximum atomic E-state index is 12.7.